The summed E-state index contributed by atoms with van der Waals surface area (Å²) in [5.41, 5.74) is 7.86. The summed E-state index contributed by atoms with van der Waals surface area (Å²) in [7, 11) is 1.87. The van der Waals surface area contributed by atoms with E-state index in [1.807, 2.05) is 13.2 Å². The molecule has 0 atom stereocenters. The fourth-order valence-electron chi connectivity index (χ4n) is 1.70. The van der Waals surface area contributed by atoms with Gasteiger partial charge in [0.2, 0.25) is 0 Å². The van der Waals surface area contributed by atoms with Crippen LogP contribution in [0.4, 0.5) is 5.82 Å². The molecular formula is C12H16IN5. The first-order valence-corrected chi connectivity index (χ1v) is 6.86. The van der Waals surface area contributed by atoms with Crippen LogP contribution in [0.1, 0.15) is 19.5 Å². The minimum Gasteiger partial charge on any atom is -0.383 e. The molecule has 0 spiro atoms. The molecule has 2 heterocycles. The van der Waals surface area contributed by atoms with Crippen molar-refractivity contribution in [3.8, 4) is 11.4 Å². The number of rotatable bonds is 3. The summed E-state index contributed by atoms with van der Waals surface area (Å²) >= 11 is 2.21. The number of nitrogens with zero attached hydrogens (tertiary/aromatic N) is 4. The molecule has 0 aliphatic rings. The summed E-state index contributed by atoms with van der Waals surface area (Å²) in [6.45, 7) is 4.33. The van der Waals surface area contributed by atoms with Crippen molar-refractivity contribution < 1.29 is 0 Å². The van der Waals surface area contributed by atoms with Crippen LogP contribution in [0.3, 0.4) is 0 Å². The summed E-state index contributed by atoms with van der Waals surface area (Å²) < 4.78 is 2.68. The number of halogens is 1. The molecule has 0 unspecified atom stereocenters. The van der Waals surface area contributed by atoms with Gasteiger partial charge in [0.25, 0.3) is 0 Å². The lowest BCUT2D eigenvalue weighted by molar-refractivity contribution is 0.632. The van der Waals surface area contributed by atoms with Gasteiger partial charge in [-0.05, 0) is 34.9 Å². The van der Waals surface area contributed by atoms with E-state index in [0.717, 1.165) is 21.2 Å². The second-order valence-corrected chi connectivity index (χ2v) is 5.77. The maximum Gasteiger partial charge on any atom is 0.165 e. The quantitative estimate of drug-likeness (QED) is 0.856. The number of hydrogen-bond acceptors (Lipinski definition) is 4. The van der Waals surface area contributed by atoms with Crippen LogP contribution in [0.25, 0.3) is 11.4 Å². The molecule has 2 aromatic heterocycles. The molecule has 2 N–H and O–H groups in total. The van der Waals surface area contributed by atoms with Gasteiger partial charge in [-0.15, -0.1) is 0 Å². The molecule has 5 nitrogen and oxygen atoms in total. The van der Waals surface area contributed by atoms with Crippen LogP contribution in [-0.4, -0.2) is 19.7 Å². The Morgan fingerprint density at radius 1 is 1.39 bits per heavy atom. The molecule has 0 bridgehead atoms. The normalized spacial score (nSPS) is 11.2. The van der Waals surface area contributed by atoms with E-state index < -0.39 is 0 Å². The van der Waals surface area contributed by atoms with E-state index in [1.165, 1.54) is 0 Å². The van der Waals surface area contributed by atoms with Gasteiger partial charge in [-0.1, -0.05) is 13.8 Å². The highest BCUT2D eigenvalue weighted by Crippen LogP contribution is 2.23. The molecule has 2 rings (SSSR count). The van der Waals surface area contributed by atoms with Gasteiger partial charge in [0.05, 0.1) is 21.0 Å². The lowest BCUT2D eigenvalue weighted by atomic mass is 10.1. The first-order valence-electron chi connectivity index (χ1n) is 5.78. The highest BCUT2D eigenvalue weighted by molar-refractivity contribution is 14.1. The standard InChI is InChI=1S/C12H16IN5/c1-7(2)4-9-10(13)11(14)17-12(16-9)8-5-15-18(3)6-8/h5-7H,4H2,1-3H3,(H2,14,16,17). The fraction of sp³-hybridized carbons (Fsp3) is 0.417. The molecule has 0 aliphatic carbocycles. The number of nitrogens with two attached hydrogens (primary N) is 1. The molecule has 0 amide bonds. The summed E-state index contributed by atoms with van der Waals surface area (Å²) in [6.07, 6.45) is 4.54. The Morgan fingerprint density at radius 3 is 2.67 bits per heavy atom. The summed E-state index contributed by atoms with van der Waals surface area (Å²) in [5.74, 6) is 1.73. The van der Waals surface area contributed by atoms with Gasteiger partial charge in [0, 0.05) is 13.2 Å². The first-order chi connectivity index (χ1) is 8.47. The maximum atomic E-state index is 5.96. The summed E-state index contributed by atoms with van der Waals surface area (Å²) in [5, 5.41) is 4.13. The number of nitrogen functional groups attached to an aromatic ring is 1. The van der Waals surface area contributed by atoms with Crippen molar-refractivity contribution >= 4 is 28.4 Å². The highest BCUT2D eigenvalue weighted by Gasteiger charge is 2.13. The Labute approximate surface area is 120 Å². The molecule has 2 aromatic rings. The van der Waals surface area contributed by atoms with Crippen LogP contribution in [-0.2, 0) is 13.5 Å². The Morgan fingerprint density at radius 2 is 2.11 bits per heavy atom. The van der Waals surface area contributed by atoms with Crippen molar-refractivity contribution in [1.29, 1.82) is 0 Å². The number of anilines is 1. The topological polar surface area (TPSA) is 69.6 Å². The van der Waals surface area contributed by atoms with Gasteiger partial charge >= 0.3 is 0 Å². The van der Waals surface area contributed by atoms with Crippen molar-refractivity contribution in [3.05, 3.63) is 21.7 Å². The molecule has 0 radical (unpaired) electrons. The highest BCUT2D eigenvalue weighted by atomic mass is 127. The predicted molar refractivity (Wildman–Crippen MR) is 79.9 cm³/mol. The van der Waals surface area contributed by atoms with E-state index in [0.29, 0.717) is 17.6 Å². The van der Waals surface area contributed by atoms with Gasteiger partial charge in [-0.3, -0.25) is 4.68 Å². The molecule has 0 saturated carbocycles. The van der Waals surface area contributed by atoms with E-state index in [4.69, 9.17) is 5.73 Å². The van der Waals surface area contributed by atoms with Crippen LogP contribution in [0.2, 0.25) is 0 Å². The van der Waals surface area contributed by atoms with Crippen LogP contribution in [0.15, 0.2) is 12.4 Å². The van der Waals surface area contributed by atoms with Crippen LogP contribution < -0.4 is 5.73 Å². The molecule has 0 saturated heterocycles. The molecule has 96 valence electrons. The van der Waals surface area contributed by atoms with Gasteiger partial charge in [-0.25, -0.2) is 9.97 Å². The Balaban J connectivity index is 2.46. The monoisotopic (exact) mass is 357 g/mol. The van der Waals surface area contributed by atoms with E-state index in [1.54, 1.807) is 10.9 Å². The molecule has 0 fully saturated rings. The Bertz CT molecular complexity index is 562. The van der Waals surface area contributed by atoms with Crippen LogP contribution >= 0.6 is 22.6 Å². The predicted octanol–water partition coefficient (Wildman–Crippen LogP) is 2.26. The largest absolute Gasteiger partial charge is 0.383 e. The van der Waals surface area contributed by atoms with E-state index in [-0.39, 0.29) is 0 Å². The third-order valence-corrected chi connectivity index (χ3v) is 3.69. The Hall–Kier alpha value is -1.18. The fourth-order valence-corrected chi connectivity index (χ4v) is 2.16. The number of hydrogen-bond donors (Lipinski definition) is 1. The van der Waals surface area contributed by atoms with Gasteiger partial charge in [0.1, 0.15) is 5.82 Å². The molecule has 18 heavy (non-hydrogen) atoms. The third-order valence-electron chi connectivity index (χ3n) is 2.51. The van der Waals surface area contributed by atoms with Crippen molar-refractivity contribution in [2.24, 2.45) is 13.0 Å². The molecule has 6 heteroatoms. The summed E-state index contributed by atoms with van der Waals surface area (Å²) in [4.78, 5) is 8.93. The molecule has 0 aromatic carbocycles. The van der Waals surface area contributed by atoms with Gasteiger partial charge < -0.3 is 5.73 Å². The van der Waals surface area contributed by atoms with E-state index in [2.05, 4.69) is 51.5 Å². The third kappa shape index (κ3) is 2.80. The van der Waals surface area contributed by atoms with Gasteiger partial charge in [-0.2, -0.15) is 5.10 Å². The smallest absolute Gasteiger partial charge is 0.165 e. The first kappa shape index (κ1) is 13.3. The zero-order valence-corrected chi connectivity index (χ0v) is 12.8. The van der Waals surface area contributed by atoms with Crippen molar-refractivity contribution in [1.82, 2.24) is 19.7 Å². The number of aryl methyl sites for hydroxylation is 1. The maximum absolute atomic E-state index is 5.96. The van der Waals surface area contributed by atoms with Crippen LogP contribution in [0, 0.1) is 9.49 Å². The van der Waals surface area contributed by atoms with Crippen LogP contribution in [0.5, 0.6) is 0 Å². The lowest BCUT2D eigenvalue weighted by Gasteiger charge is -2.09. The minimum atomic E-state index is 0.537. The minimum absolute atomic E-state index is 0.537. The van der Waals surface area contributed by atoms with E-state index >= 15 is 0 Å². The van der Waals surface area contributed by atoms with Gasteiger partial charge in [0.15, 0.2) is 5.82 Å². The van der Waals surface area contributed by atoms with Crippen molar-refractivity contribution in [3.63, 3.8) is 0 Å². The molecule has 0 aliphatic heterocycles. The lowest BCUT2D eigenvalue weighted by Crippen LogP contribution is -2.07. The van der Waals surface area contributed by atoms with E-state index in [9.17, 15) is 0 Å². The summed E-state index contributed by atoms with van der Waals surface area (Å²) in [6, 6.07) is 0. The number of aromatic nitrogens is 4. The zero-order chi connectivity index (χ0) is 13.3. The Kier molecular flexibility index (Phi) is 3.84. The second-order valence-electron chi connectivity index (χ2n) is 4.69. The van der Waals surface area contributed by atoms with Crippen molar-refractivity contribution in [2.45, 2.75) is 20.3 Å². The van der Waals surface area contributed by atoms with Crippen molar-refractivity contribution in [2.75, 3.05) is 5.73 Å². The molecular weight excluding hydrogens is 341 g/mol. The second kappa shape index (κ2) is 5.21. The zero-order valence-electron chi connectivity index (χ0n) is 10.7. The SMILES string of the molecule is CC(C)Cc1nc(-c2cnn(C)c2)nc(N)c1I. The average Bonchev–Trinajstić information content (AvgIpc) is 2.70. The average molecular weight is 357 g/mol.